The normalized spacial score (nSPS) is 20.1. The molecule has 14 heteroatoms. The molecule has 2 aliphatic heterocycles. The molecule has 256 valence electrons. The zero-order valence-corrected chi connectivity index (χ0v) is 28.9. The monoisotopic (exact) mass is 704 g/mol. The molecule has 2 saturated heterocycles. The number of nitrogens with zero attached hydrogens (tertiary/aromatic N) is 8. The van der Waals surface area contributed by atoms with Crippen LogP contribution in [0.2, 0.25) is 10.0 Å². The Morgan fingerprint density at radius 3 is 2.16 bits per heavy atom. The maximum atomic E-state index is 12.8. The molecule has 5 aromatic rings. The van der Waals surface area contributed by atoms with E-state index in [0.29, 0.717) is 28.8 Å². The first kappa shape index (κ1) is 33.2. The Morgan fingerprint density at radius 2 is 1.53 bits per heavy atom. The summed E-state index contributed by atoms with van der Waals surface area (Å²) in [6.07, 6.45) is 5.31. The summed E-state index contributed by atoms with van der Waals surface area (Å²) < 4.78 is 22.0. The summed E-state index contributed by atoms with van der Waals surface area (Å²) in [7, 11) is 0. The van der Waals surface area contributed by atoms with E-state index in [1.807, 2.05) is 38.1 Å². The molecule has 1 unspecified atom stereocenters. The van der Waals surface area contributed by atoms with Crippen molar-refractivity contribution in [1.29, 1.82) is 0 Å². The number of rotatable bonds is 11. The molecular weight excluding hydrogens is 667 g/mol. The lowest BCUT2D eigenvalue weighted by Gasteiger charge is -2.37. The SMILES string of the molecule is CCC(C)n1ncn(-c2ccc(N3CCN(c4ccc(OC[C@@H]5CO[C@](Cn6nccn6)(c6ccc(Cl)cc6Cl)O5)cc4)CC3)cc2)c1=O. The van der Waals surface area contributed by atoms with Crippen LogP contribution in [-0.4, -0.2) is 74.8 Å². The second-order valence-corrected chi connectivity index (χ2v) is 13.1. The molecule has 0 radical (unpaired) electrons. The van der Waals surface area contributed by atoms with Crippen molar-refractivity contribution in [3.63, 3.8) is 0 Å². The zero-order chi connectivity index (χ0) is 34.0. The fraction of sp³-hybridized carbons (Fsp3) is 0.371. The van der Waals surface area contributed by atoms with Gasteiger partial charge in [0.05, 0.1) is 35.8 Å². The smallest absolute Gasteiger partial charge is 0.350 e. The van der Waals surface area contributed by atoms with Crippen molar-refractivity contribution < 1.29 is 14.2 Å². The van der Waals surface area contributed by atoms with E-state index in [1.54, 1.807) is 41.5 Å². The first-order valence-corrected chi connectivity index (χ1v) is 17.2. The predicted octanol–water partition coefficient (Wildman–Crippen LogP) is 5.58. The third-order valence-corrected chi connectivity index (χ3v) is 9.68. The van der Waals surface area contributed by atoms with Crippen molar-refractivity contribution in [2.24, 2.45) is 0 Å². The number of ether oxygens (including phenoxy) is 3. The number of hydrogen-bond acceptors (Lipinski definition) is 9. The van der Waals surface area contributed by atoms with E-state index in [4.69, 9.17) is 37.4 Å². The van der Waals surface area contributed by atoms with Gasteiger partial charge >= 0.3 is 5.69 Å². The van der Waals surface area contributed by atoms with E-state index in [-0.39, 0.29) is 24.4 Å². The summed E-state index contributed by atoms with van der Waals surface area (Å²) in [6.45, 7) is 8.42. The molecule has 12 nitrogen and oxygen atoms in total. The fourth-order valence-corrected chi connectivity index (χ4v) is 6.78. The number of halogens is 2. The van der Waals surface area contributed by atoms with Gasteiger partial charge in [0, 0.05) is 48.1 Å². The molecule has 0 spiro atoms. The minimum absolute atomic E-state index is 0.0643. The molecule has 0 bridgehead atoms. The Labute approximate surface area is 294 Å². The summed E-state index contributed by atoms with van der Waals surface area (Å²) in [5, 5.41) is 13.7. The minimum Gasteiger partial charge on any atom is -0.491 e. The van der Waals surface area contributed by atoms with E-state index in [2.05, 4.69) is 49.4 Å². The van der Waals surface area contributed by atoms with Crippen LogP contribution in [0.3, 0.4) is 0 Å². The van der Waals surface area contributed by atoms with Crippen LogP contribution in [0.5, 0.6) is 5.75 Å². The van der Waals surface area contributed by atoms with Gasteiger partial charge in [0.2, 0.25) is 5.79 Å². The maximum absolute atomic E-state index is 12.8. The molecule has 0 saturated carbocycles. The van der Waals surface area contributed by atoms with Gasteiger partial charge in [-0.1, -0.05) is 36.2 Å². The van der Waals surface area contributed by atoms with Crippen molar-refractivity contribution in [3.8, 4) is 11.4 Å². The molecule has 0 aliphatic carbocycles. The lowest BCUT2D eigenvalue weighted by atomic mass is 10.1. The number of benzene rings is 3. The van der Waals surface area contributed by atoms with Crippen LogP contribution in [-0.2, 0) is 21.8 Å². The van der Waals surface area contributed by atoms with Gasteiger partial charge in [0.1, 0.15) is 31.3 Å². The van der Waals surface area contributed by atoms with E-state index in [1.165, 1.54) is 9.48 Å². The highest BCUT2D eigenvalue weighted by molar-refractivity contribution is 6.35. The average Bonchev–Trinajstić information content (AvgIpc) is 3.88. The molecule has 0 amide bonds. The van der Waals surface area contributed by atoms with Gasteiger partial charge in [0.25, 0.3) is 0 Å². The van der Waals surface area contributed by atoms with Gasteiger partial charge in [-0.2, -0.15) is 20.1 Å². The molecule has 3 aromatic carbocycles. The first-order chi connectivity index (χ1) is 23.8. The Hall–Kier alpha value is -4.36. The Balaban J connectivity index is 0.925. The number of piperazine rings is 1. The van der Waals surface area contributed by atoms with Crippen molar-refractivity contribution in [3.05, 3.63) is 112 Å². The van der Waals surface area contributed by atoms with Gasteiger partial charge in [-0.15, -0.1) is 0 Å². The highest BCUT2D eigenvalue weighted by Crippen LogP contribution is 2.40. The molecule has 2 aliphatic rings. The van der Waals surface area contributed by atoms with Crippen LogP contribution < -0.4 is 20.2 Å². The van der Waals surface area contributed by atoms with E-state index < -0.39 is 5.79 Å². The van der Waals surface area contributed by atoms with Gasteiger partial charge in [-0.25, -0.2) is 14.0 Å². The van der Waals surface area contributed by atoms with Crippen LogP contribution in [0, 0.1) is 0 Å². The van der Waals surface area contributed by atoms with Crippen molar-refractivity contribution in [1.82, 2.24) is 29.3 Å². The summed E-state index contributed by atoms with van der Waals surface area (Å²) >= 11 is 12.7. The lowest BCUT2D eigenvalue weighted by molar-refractivity contribution is -0.192. The molecule has 0 N–H and O–H groups in total. The highest BCUT2D eigenvalue weighted by atomic mass is 35.5. The second-order valence-electron chi connectivity index (χ2n) is 12.3. The molecule has 7 rings (SSSR count). The maximum Gasteiger partial charge on any atom is 0.350 e. The second kappa shape index (κ2) is 14.2. The van der Waals surface area contributed by atoms with E-state index in [9.17, 15) is 4.79 Å². The number of hydrogen-bond donors (Lipinski definition) is 0. The number of anilines is 2. The third kappa shape index (κ3) is 7.04. The van der Waals surface area contributed by atoms with Gasteiger partial charge in [-0.3, -0.25) is 0 Å². The Bertz CT molecular complexity index is 1910. The summed E-state index contributed by atoms with van der Waals surface area (Å²) in [6, 6.07) is 21.6. The summed E-state index contributed by atoms with van der Waals surface area (Å²) in [5.41, 5.74) is 3.63. The van der Waals surface area contributed by atoms with Crippen molar-refractivity contribution >= 4 is 34.6 Å². The van der Waals surface area contributed by atoms with Crippen LogP contribution in [0.15, 0.2) is 90.2 Å². The lowest BCUT2D eigenvalue weighted by Crippen LogP contribution is -2.46. The molecule has 2 fully saturated rings. The minimum atomic E-state index is -1.18. The van der Waals surface area contributed by atoms with Crippen molar-refractivity contribution in [2.75, 3.05) is 49.2 Å². The molecule has 3 atom stereocenters. The summed E-state index contributed by atoms with van der Waals surface area (Å²) in [4.78, 5) is 19.1. The van der Waals surface area contributed by atoms with Crippen LogP contribution in [0.25, 0.3) is 5.69 Å². The first-order valence-electron chi connectivity index (χ1n) is 16.4. The Kier molecular flexibility index (Phi) is 9.64. The predicted molar refractivity (Wildman–Crippen MR) is 188 cm³/mol. The van der Waals surface area contributed by atoms with Gasteiger partial charge in [-0.05, 0) is 74.0 Å². The quantitative estimate of drug-likeness (QED) is 0.174. The molecular formula is C35H38Cl2N8O4. The summed E-state index contributed by atoms with van der Waals surface area (Å²) in [5.74, 6) is -0.435. The topological polar surface area (TPSA) is 105 Å². The van der Waals surface area contributed by atoms with Crippen LogP contribution in [0.4, 0.5) is 11.4 Å². The Morgan fingerprint density at radius 1 is 0.898 bits per heavy atom. The third-order valence-electron chi connectivity index (χ3n) is 9.13. The molecule has 2 aromatic heterocycles. The van der Waals surface area contributed by atoms with Crippen LogP contribution >= 0.6 is 23.2 Å². The largest absolute Gasteiger partial charge is 0.491 e. The zero-order valence-electron chi connectivity index (χ0n) is 27.4. The number of aromatic nitrogens is 6. The molecule has 49 heavy (non-hydrogen) atoms. The van der Waals surface area contributed by atoms with E-state index >= 15 is 0 Å². The highest BCUT2D eigenvalue weighted by Gasteiger charge is 2.46. The molecule has 4 heterocycles. The van der Waals surface area contributed by atoms with Gasteiger partial charge in [0.15, 0.2) is 0 Å². The average molecular weight is 706 g/mol. The standard InChI is InChI=1S/C35H38Cl2N8O4/c1-3-25(2)45-34(46)43(24-40-45)29-7-5-27(6-8-29)41-16-18-42(19-17-41)28-9-11-30(12-10-28)47-21-31-22-48-35(49-31,23-44-38-14-15-39-44)32-13-4-26(36)20-33(32)37/h4-15,20,24-25,31H,3,16-19,21-23H2,1-2H3/t25?,31-,35+/m1/s1. The van der Waals surface area contributed by atoms with Gasteiger partial charge < -0.3 is 24.0 Å². The van der Waals surface area contributed by atoms with Crippen molar-refractivity contribution in [2.45, 2.75) is 44.7 Å². The van der Waals surface area contributed by atoms with Crippen LogP contribution in [0.1, 0.15) is 31.9 Å². The van der Waals surface area contributed by atoms with E-state index in [0.717, 1.165) is 55.4 Å². The fourth-order valence-electron chi connectivity index (χ4n) is 6.22.